The molecule has 1 atom stereocenters. The summed E-state index contributed by atoms with van der Waals surface area (Å²) in [7, 11) is 0.943. The molecular weight excluding hydrogens is 376 g/mol. The second-order valence-electron chi connectivity index (χ2n) is 8.12. The standard InChI is InChI=1S/C21H30N2O4S/c1-15-6-7-19-17(13-27-21(19)16(15)2)12-20(24)23(10-5-9-22(3)4)18-8-11-28(25,26)14-18/h6-7,13,18H,5,8-12,14H2,1-4H3. The number of hydrogen-bond acceptors (Lipinski definition) is 5. The van der Waals surface area contributed by atoms with Crippen molar-refractivity contribution >= 4 is 26.7 Å². The van der Waals surface area contributed by atoms with Crippen molar-refractivity contribution in [2.45, 2.75) is 39.2 Å². The lowest BCUT2D eigenvalue weighted by Gasteiger charge is -2.29. The zero-order valence-corrected chi connectivity index (χ0v) is 18.0. The van der Waals surface area contributed by atoms with Crippen molar-refractivity contribution in [1.29, 1.82) is 0 Å². The highest BCUT2D eigenvalue weighted by Crippen LogP contribution is 2.28. The van der Waals surface area contributed by atoms with Crippen LogP contribution in [0.3, 0.4) is 0 Å². The summed E-state index contributed by atoms with van der Waals surface area (Å²) in [6, 6.07) is 3.82. The van der Waals surface area contributed by atoms with Crippen LogP contribution >= 0.6 is 0 Å². The summed E-state index contributed by atoms with van der Waals surface area (Å²) in [5.41, 5.74) is 3.93. The lowest BCUT2D eigenvalue weighted by Crippen LogP contribution is -2.43. The minimum Gasteiger partial charge on any atom is -0.464 e. The highest BCUT2D eigenvalue weighted by molar-refractivity contribution is 7.91. The Morgan fingerprint density at radius 2 is 1.96 bits per heavy atom. The number of sulfone groups is 1. The van der Waals surface area contributed by atoms with Crippen LogP contribution < -0.4 is 0 Å². The highest BCUT2D eigenvalue weighted by atomic mass is 32.2. The second-order valence-corrected chi connectivity index (χ2v) is 10.4. The molecule has 1 aromatic carbocycles. The number of nitrogens with zero attached hydrogens (tertiary/aromatic N) is 2. The van der Waals surface area contributed by atoms with Crippen LogP contribution in [0.2, 0.25) is 0 Å². The van der Waals surface area contributed by atoms with Gasteiger partial charge in [-0.1, -0.05) is 12.1 Å². The van der Waals surface area contributed by atoms with E-state index in [1.165, 1.54) is 0 Å². The van der Waals surface area contributed by atoms with Crippen molar-refractivity contribution < 1.29 is 17.6 Å². The molecule has 28 heavy (non-hydrogen) atoms. The normalized spacial score (nSPS) is 18.8. The van der Waals surface area contributed by atoms with Gasteiger partial charge in [0, 0.05) is 23.5 Å². The van der Waals surface area contributed by atoms with Gasteiger partial charge in [0.15, 0.2) is 9.84 Å². The van der Waals surface area contributed by atoms with Gasteiger partial charge in [-0.25, -0.2) is 8.42 Å². The van der Waals surface area contributed by atoms with Crippen LogP contribution in [0, 0.1) is 13.8 Å². The molecule has 1 amide bonds. The Morgan fingerprint density at radius 3 is 2.61 bits per heavy atom. The predicted octanol–water partition coefficient (Wildman–Crippen LogP) is 2.56. The molecule has 0 aliphatic carbocycles. The van der Waals surface area contributed by atoms with Gasteiger partial charge < -0.3 is 14.2 Å². The number of carbonyl (C=O) groups excluding carboxylic acids is 1. The van der Waals surface area contributed by atoms with Crippen molar-refractivity contribution in [3.05, 3.63) is 35.1 Å². The van der Waals surface area contributed by atoms with E-state index in [4.69, 9.17) is 4.42 Å². The van der Waals surface area contributed by atoms with Gasteiger partial charge in [-0.15, -0.1) is 0 Å². The van der Waals surface area contributed by atoms with E-state index in [1.807, 2.05) is 40.1 Å². The van der Waals surface area contributed by atoms with Crippen LogP contribution in [0.5, 0.6) is 0 Å². The molecule has 3 rings (SSSR count). The molecular formula is C21H30N2O4S. The first kappa shape index (κ1) is 20.9. The van der Waals surface area contributed by atoms with Gasteiger partial charge >= 0.3 is 0 Å². The first-order valence-corrected chi connectivity index (χ1v) is 11.6. The molecule has 6 nitrogen and oxygen atoms in total. The molecule has 0 saturated carbocycles. The van der Waals surface area contributed by atoms with Gasteiger partial charge in [-0.3, -0.25) is 4.79 Å². The van der Waals surface area contributed by atoms with Crippen LogP contribution in [0.4, 0.5) is 0 Å². The van der Waals surface area contributed by atoms with E-state index >= 15 is 0 Å². The molecule has 0 bridgehead atoms. The van der Waals surface area contributed by atoms with Crippen molar-refractivity contribution in [2.75, 3.05) is 38.7 Å². The first-order chi connectivity index (χ1) is 13.2. The molecule has 2 aromatic rings. The van der Waals surface area contributed by atoms with Crippen molar-refractivity contribution in [3.63, 3.8) is 0 Å². The van der Waals surface area contributed by atoms with Crippen LogP contribution in [0.25, 0.3) is 11.0 Å². The van der Waals surface area contributed by atoms with Gasteiger partial charge in [0.25, 0.3) is 0 Å². The summed E-state index contributed by atoms with van der Waals surface area (Å²) in [6.07, 6.45) is 3.24. The van der Waals surface area contributed by atoms with Gasteiger partial charge in [0.2, 0.25) is 5.91 Å². The zero-order chi connectivity index (χ0) is 20.5. The third-order valence-electron chi connectivity index (χ3n) is 5.66. The largest absolute Gasteiger partial charge is 0.464 e. The van der Waals surface area contributed by atoms with Crippen LogP contribution in [0.15, 0.2) is 22.8 Å². The number of carbonyl (C=O) groups is 1. The van der Waals surface area contributed by atoms with Gasteiger partial charge in [0.1, 0.15) is 5.58 Å². The maximum absolute atomic E-state index is 13.2. The number of aryl methyl sites for hydroxylation is 2. The first-order valence-electron chi connectivity index (χ1n) is 9.79. The lowest BCUT2D eigenvalue weighted by molar-refractivity contribution is -0.132. The van der Waals surface area contributed by atoms with Crippen LogP contribution in [-0.2, 0) is 21.1 Å². The number of amides is 1. The molecule has 0 spiro atoms. The fourth-order valence-electron chi connectivity index (χ4n) is 3.88. The summed E-state index contributed by atoms with van der Waals surface area (Å²) >= 11 is 0. The fraction of sp³-hybridized carbons (Fsp3) is 0.571. The molecule has 0 N–H and O–H groups in total. The van der Waals surface area contributed by atoms with Gasteiger partial charge in [-0.05, 0) is 58.5 Å². The Labute approximate surface area is 167 Å². The molecule has 1 aliphatic rings. The predicted molar refractivity (Wildman–Crippen MR) is 111 cm³/mol. The SMILES string of the molecule is Cc1ccc2c(CC(=O)N(CCCN(C)C)C3CCS(=O)(=O)C3)coc2c1C. The zero-order valence-electron chi connectivity index (χ0n) is 17.2. The van der Waals surface area contributed by atoms with Gasteiger partial charge in [0.05, 0.1) is 24.2 Å². The maximum atomic E-state index is 13.2. The summed E-state index contributed by atoms with van der Waals surface area (Å²) in [5.74, 6) is 0.217. The van der Waals surface area contributed by atoms with Crippen molar-refractivity contribution in [3.8, 4) is 0 Å². The maximum Gasteiger partial charge on any atom is 0.227 e. The average Bonchev–Trinajstić information content (AvgIpc) is 3.18. The summed E-state index contributed by atoms with van der Waals surface area (Å²) in [4.78, 5) is 17.0. The van der Waals surface area contributed by atoms with E-state index in [1.54, 1.807) is 11.2 Å². The molecule has 154 valence electrons. The van der Waals surface area contributed by atoms with E-state index < -0.39 is 9.84 Å². The molecule has 1 saturated heterocycles. The van der Waals surface area contributed by atoms with E-state index in [-0.39, 0.29) is 29.9 Å². The number of furan rings is 1. The number of fused-ring (bicyclic) bond motifs is 1. The highest BCUT2D eigenvalue weighted by Gasteiger charge is 2.34. The molecule has 2 heterocycles. The smallest absolute Gasteiger partial charge is 0.227 e. The fourth-order valence-corrected chi connectivity index (χ4v) is 5.61. The minimum atomic E-state index is -3.05. The summed E-state index contributed by atoms with van der Waals surface area (Å²) in [6.45, 7) is 5.49. The molecule has 7 heteroatoms. The third-order valence-corrected chi connectivity index (χ3v) is 7.41. The quantitative estimate of drug-likeness (QED) is 0.707. The second kappa shape index (κ2) is 8.25. The van der Waals surface area contributed by atoms with Crippen LogP contribution in [0.1, 0.15) is 29.5 Å². The topological polar surface area (TPSA) is 70.8 Å². The Bertz CT molecular complexity index is 962. The van der Waals surface area contributed by atoms with Crippen molar-refractivity contribution in [1.82, 2.24) is 9.80 Å². The average molecular weight is 407 g/mol. The number of hydrogen-bond donors (Lipinski definition) is 0. The monoisotopic (exact) mass is 406 g/mol. The Hall–Kier alpha value is -1.86. The third kappa shape index (κ3) is 4.58. The van der Waals surface area contributed by atoms with Gasteiger partial charge in [-0.2, -0.15) is 0 Å². The molecule has 0 radical (unpaired) electrons. The van der Waals surface area contributed by atoms with Crippen molar-refractivity contribution in [2.24, 2.45) is 0 Å². The Kier molecular flexibility index (Phi) is 6.15. The van der Waals surface area contributed by atoms with E-state index in [2.05, 4.69) is 4.90 Å². The Balaban J connectivity index is 1.80. The molecule has 1 aromatic heterocycles. The minimum absolute atomic E-state index is 0.0261. The number of benzene rings is 1. The lowest BCUT2D eigenvalue weighted by atomic mass is 10.0. The molecule has 1 aliphatic heterocycles. The van der Waals surface area contributed by atoms with E-state index in [9.17, 15) is 13.2 Å². The summed E-state index contributed by atoms with van der Waals surface area (Å²) < 4.78 is 29.6. The van der Waals surface area contributed by atoms with E-state index in [0.717, 1.165) is 40.6 Å². The summed E-state index contributed by atoms with van der Waals surface area (Å²) in [5, 5.41) is 0.962. The number of rotatable bonds is 7. The molecule has 1 unspecified atom stereocenters. The Morgan fingerprint density at radius 1 is 1.21 bits per heavy atom. The molecule has 1 fully saturated rings. The van der Waals surface area contributed by atoms with E-state index in [0.29, 0.717) is 13.0 Å². The van der Waals surface area contributed by atoms with Crippen LogP contribution in [-0.4, -0.2) is 68.9 Å².